The normalized spacial score (nSPS) is 10.6. The van der Waals surface area contributed by atoms with Crippen molar-refractivity contribution in [2.24, 2.45) is 7.05 Å². The summed E-state index contributed by atoms with van der Waals surface area (Å²) in [6.07, 6.45) is 1.57. The van der Waals surface area contributed by atoms with Gasteiger partial charge in [0.15, 0.2) is 11.3 Å². The van der Waals surface area contributed by atoms with Crippen molar-refractivity contribution in [2.45, 2.75) is 13.8 Å². The van der Waals surface area contributed by atoms with E-state index in [0.717, 1.165) is 0 Å². The number of aryl methyl sites for hydroxylation is 1. The van der Waals surface area contributed by atoms with Crippen LogP contribution in [-0.2, 0) is 16.5 Å². The van der Waals surface area contributed by atoms with Gasteiger partial charge in [0.2, 0.25) is 0 Å². The monoisotopic (exact) mass is 277 g/mol. The molecule has 0 spiro atoms. The molecule has 0 atom stereocenters. The van der Waals surface area contributed by atoms with Crippen LogP contribution in [0.2, 0.25) is 0 Å². The number of ether oxygens (including phenoxy) is 2. The molecule has 7 heteroatoms. The Morgan fingerprint density at radius 2 is 1.85 bits per heavy atom. The molecular weight excluding hydrogens is 262 g/mol. The lowest BCUT2D eigenvalue weighted by Gasteiger charge is -2.08. The van der Waals surface area contributed by atoms with E-state index in [1.807, 2.05) is 0 Å². The van der Waals surface area contributed by atoms with Gasteiger partial charge in [-0.15, -0.1) is 0 Å². The fourth-order valence-corrected chi connectivity index (χ4v) is 1.80. The molecule has 0 fully saturated rings. The van der Waals surface area contributed by atoms with Gasteiger partial charge in [0.25, 0.3) is 0 Å². The SMILES string of the molecule is CCOC(=O)c1cc2cnn(C)c2nc1C(=O)OCC. The maximum absolute atomic E-state index is 11.9. The number of carbonyl (C=O) groups excluding carboxylic acids is 2. The topological polar surface area (TPSA) is 83.3 Å². The van der Waals surface area contributed by atoms with Gasteiger partial charge in [-0.2, -0.15) is 5.10 Å². The van der Waals surface area contributed by atoms with Gasteiger partial charge in [0.1, 0.15) is 0 Å². The van der Waals surface area contributed by atoms with Gasteiger partial charge < -0.3 is 9.47 Å². The molecule has 2 heterocycles. The van der Waals surface area contributed by atoms with Crippen LogP contribution in [0.5, 0.6) is 0 Å². The van der Waals surface area contributed by atoms with Crippen LogP contribution in [0.25, 0.3) is 11.0 Å². The number of aromatic nitrogens is 3. The van der Waals surface area contributed by atoms with Crippen molar-refractivity contribution in [1.82, 2.24) is 14.8 Å². The molecule has 2 aromatic rings. The van der Waals surface area contributed by atoms with Crippen LogP contribution in [0.15, 0.2) is 12.3 Å². The predicted molar refractivity (Wildman–Crippen MR) is 70.4 cm³/mol. The zero-order valence-corrected chi connectivity index (χ0v) is 11.5. The zero-order chi connectivity index (χ0) is 14.7. The Balaban J connectivity index is 2.59. The van der Waals surface area contributed by atoms with Crippen LogP contribution < -0.4 is 0 Å². The fourth-order valence-electron chi connectivity index (χ4n) is 1.80. The lowest BCUT2D eigenvalue weighted by atomic mass is 10.1. The molecule has 7 nitrogen and oxygen atoms in total. The van der Waals surface area contributed by atoms with E-state index in [1.54, 1.807) is 33.2 Å². The second-order valence-electron chi connectivity index (χ2n) is 4.01. The highest BCUT2D eigenvalue weighted by Crippen LogP contribution is 2.18. The first-order chi connectivity index (χ1) is 9.58. The summed E-state index contributed by atoms with van der Waals surface area (Å²) in [6.45, 7) is 3.79. The Hall–Kier alpha value is -2.44. The first kappa shape index (κ1) is 14.0. The minimum Gasteiger partial charge on any atom is -0.462 e. The molecule has 0 aromatic carbocycles. The van der Waals surface area contributed by atoms with Crippen molar-refractivity contribution >= 4 is 23.0 Å². The maximum atomic E-state index is 11.9. The average Bonchev–Trinajstić information content (AvgIpc) is 2.79. The van der Waals surface area contributed by atoms with Gasteiger partial charge in [-0.1, -0.05) is 0 Å². The lowest BCUT2D eigenvalue weighted by Crippen LogP contribution is -2.16. The molecule has 0 unspecified atom stereocenters. The summed E-state index contributed by atoms with van der Waals surface area (Å²) in [6, 6.07) is 1.54. The highest BCUT2D eigenvalue weighted by Gasteiger charge is 2.23. The number of esters is 2. The summed E-state index contributed by atoms with van der Waals surface area (Å²) in [5.41, 5.74) is 0.535. The fraction of sp³-hybridized carbons (Fsp3) is 0.385. The first-order valence-electron chi connectivity index (χ1n) is 6.25. The van der Waals surface area contributed by atoms with Gasteiger partial charge >= 0.3 is 11.9 Å². The average molecular weight is 277 g/mol. The Bertz CT molecular complexity index is 663. The van der Waals surface area contributed by atoms with E-state index in [-0.39, 0.29) is 24.5 Å². The van der Waals surface area contributed by atoms with Crippen molar-refractivity contribution in [3.05, 3.63) is 23.5 Å². The maximum Gasteiger partial charge on any atom is 0.357 e. The van der Waals surface area contributed by atoms with Crippen LogP contribution in [0, 0.1) is 0 Å². The van der Waals surface area contributed by atoms with E-state index in [1.165, 1.54) is 4.68 Å². The summed E-state index contributed by atoms with van der Waals surface area (Å²) in [5.74, 6) is -1.26. The second-order valence-corrected chi connectivity index (χ2v) is 4.01. The third kappa shape index (κ3) is 2.47. The second kappa shape index (κ2) is 5.68. The highest BCUT2D eigenvalue weighted by atomic mass is 16.5. The van der Waals surface area contributed by atoms with Gasteiger partial charge in [0, 0.05) is 12.4 Å². The molecule has 0 radical (unpaired) electrons. The summed E-state index contributed by atoms with van der Waals surface area (Å²) in [5, 5.41) is 4.69. The summed E-state index contributed by atoms with van der Waals surface area (Å²) in [7, 11) is 1.70. The molecule has 0 amide bonds. The summed E-state index contributed by atoms with van der Waals surface area (Å²) in [4.78, 5) is 28.0. The Morgan fingerprint density at radius 3 is 2.50 bits per heavy atom. The number of nitrogens with zero attached hydrogens (tertiary/aromatic N) is 3. The molecule has 20 heavy (non-hydrogen) atoms. The third-order valence-electron chi connectivity index (χ3n) is 2.67. The highest BCUT2D eigenvalue weighted by molar-refractivity contribution is 6.04. The minimum atomic E-state index is -0.654. The number of fused-ring (bicyclic) bond motifs is 1. The molecule has 106 valence electrons. The van der Waals surface area contributed by atoms with Crippen LogP contribution >= 0.6 is 0 Å². The molecule has 0 aliphatic rings. The Morgan fingerprint density at radius 1 is 1.20 bits per heavy atom. The van der Waals surface area contributed by atoms with E-state index < -0.39 is 11.9 Å². The largest absolute Gasteiger partial charge is 0.462 e. The van der Waals surface area contributed by atoms with Crippen LogP contribution in [0.4, 0.5) is 0 Å². The summed E-state index contributed by atoms with van der Waals surface area (Å²) < 4.78 is 11.4. The van der Waals surface area contributed by atoms with E-state index in [2.05, 4.69) is 10.1 Å². The quantitative estimate of drug-likeness (QED) is 0.784. The van der Waals surface area contributed by atoms with E-state index in [9.17, 15) is 9.59 Å². The van der Waals surface area contributed by atoms with E-state index >= 15 is 0 Å². The van der Waals surface area contributed by atoms with Crippen molar-refractivity contribution in [2.75, 3.05) is 13.2 Å². The number of carbonyl (C=O) groups is 2. The number of hydrogen-bond acceptors (Lipinski definition) is 6. The number of rotatable bonds is 4. The van der Waals surface area contributed by atoms with Crippen LogP contribution in [-0.4, -0.2) is 39.9 Å². The van der Waals surface area contributed by atoms with Gasteiger partial charge in [0.05, 0.1) is 25.0 Å². The van der Waals surface area contributed by atoms with Crippen molar-refractivity contribution in [1.29, 1.82) is 0 Å². The van der Waals surface area contributed by atoms with Crippen molar-refractivity contribution in [3.63, 3.8) is 0 Å². The van der Waals surface area contributed by atoms with Gasteiger partial charge in [-0.05, 0) is 19.9 Å². The first-order valence-corrected chi connectivity index (χ1v) is 6.25. The molecule has 0 bridgehead atoms. The van der Waals surface area contributed by atoms with Crippen molar-refractivity contribution in [3.8, 4) is 0 Å². The van der Waals surface area contributed by atoms with Gasteiger partial charge in [-0.3, -0.25) is 4.68 Å². The molecule has 0 aliphatic heterocycles. The Kier molecular flexibility index (Phi) is 3.97. The number of pyridine rings is 1. The molecule has 2 aromatic heterocycles. The van der Waals surface area contributed by atoms with Crippen LogP contribution in [0.1, 0.15) is 34.7 Å². The van der Waals surface area contributed by atoms with E-state index in [4.69, 9.17) is 9.47 Å². The van der Waals surface area contributed by atoms with Crippen molar-refractivity contribution < 1.29 is 19.1 Å². The Labute approximate surface area is 115 Å². The number of hydrogen-bond donors (Lipinski definition) is 0. The standard InChI is InChI=1S/C13H15N3O4/c1-4-19-12(17)9-6-8-7-14-16(3)11(8)15-10(9)13(18)20-5-2/h6-7H,4-5H2,1-3H3. The summed E-state index contributed by atoms with van der Waals surface area (Å²) >= 11 is 0. The molecule has 0 saturated heterocycles. The smallest absolute Gasteiger partial charge is 0.357 e. The third-order valence-corrected chi connectivity index (χ3v) is 2.67. The molecule has 2 rings (SSSR count). The van der Waals surface area contributed by atoms with E-state index in [0.29, 0.717) is 11.0 Å². The lowest BCUT2D eigenvalue weighted by molar-refractivity contribution is 0.0474. The van der Waals surface area contributed by atoms with Crippen LogP contribution in [0.3, 0.4) is 0 Å². The molecule has 0 N–H and O–H groups in total. The minimum absolute atomic E-state index is 0.0543. The molecule has 0 saturated carbocycles. The zero-order valence-electron chi connectivity index (χ0n) is 11.5. The van der Waals surface area contributed by atoms with Gasteiger partial charge in [-0.25, -0.2) is 14.6 Å². The molecular formula is C13H15N3O4. The predicted octanol–water partition coefficient (Wildman–Crippen LogP) is 1.32. The molecule has 0 aliphatic carbocycles.